The van der Waals surface area contributed by atoms with Gasteiger partial charge in [-0.15, -0.1) is 0 Å². The molecule has 0 saturated carbocycles. The lowest BCUT2D eigenvalue weighted by Crippen LogP contribution is -2.27. The van der Waals surface area contributed by atoms with Crippen molar-refractivity contribution in [3.8, 4) is 0 Å². The summed E-state index contributed by atoms with van der Waals surface area (Å²) in [6, 6.07) is 14.9. The number of halogens is 3. The highest BCUT2D eigenvalue weighted by molar-refractivity contribution is 9.10. The number of benzene rings is 2. The summed E-state index contributed by atoms with van der Waals surface area (Å²) in [5.41, 5.74) is 2.56. The van der Waals surface area contributed by atoms with Crippen LogP contribution in [0.4, 0.5) is 0 Å². The topological polar surface area (TPSA) is 12.0 Å². The maximum atomic E-state index is 5.99. The van der Waals surface area contributed by atoms with Gasteiger partial charge in [0.1, 0.15) is 0 Å². The molecule has 0 heterocycles. The Bertz CT molecular complexity index is 569. The van der Waals surface area contributed by atoms with Gasteiger partial charge in [0.05, 0.1) is 5.02 Å². The van der Waals surface area contributed by atoms with E-state index >= 15 is 0 Å². The van der Waals surface area contributed by atoms with E-state index in [1.165, 1.54) is 11.1 Å². The van der Waals surface area contributed by atoms with Crippen molar-refractivity contribution >= 4 is 43.5 Å². The van der Waals surface area contributed by atoms with E-state index in [1.54, 1.807) is 0 Å². The fraction of sp³-hybridized carbons (Fsp3) is 0.250. The molecule has 0 radical (unpaired) electrons. The van der Waals surface area contributed by atoms with E-state index < -0.39 is 0 Å². The van der Waals surface area contributed by atoms with E-state index in [0.717, 1.165) is 26.9 Å². The van der Waals surface area contributed by atoms with Crippen molar-refractivity contribution < 1.29 is 0 Å². The molecule has 1 N–H and O–H groups in total. The third-order valence-electron chi connectivity index (χ3n) is 3.09. The van der Waals surface area contributed by atoms with Crippen molar-refractivity contribution in [2.45, 2.75) is 25.9 Å². The quantitative estimate of drug-likeness (QED) is 0.669. The average molecular weight is 418 g/mol. The third kappa shape index (κ3) is 4.88. The second-order valence-corrected chi connectivity index (χ2v) is 7.04. The lowest BCUT2D eigenvalue weighted by atomic mass is 10.1. The van der Waals surface area contributed by atoms with Crippen molar-refractivity contribution in [2.75, 3.05) is 0 Å². The van der Waals surface area contributed by atoms with Crippen LogP contribution >= 0.6 is 43.5 Å². The molecule has 0 spiro atoms. The third-order valence-corrected chi connectivity index (χ3v) is 4.84. The Kier molecular flexibility index (Phi) is 6.09. The minimum atomic E-state index is 0.422. The second-order valence-electron chi connectivity index (χ2n) is 4.86. The molecule has 1 nitrogen and oxygen atoms in total. The average Bonchev–Trinajstić information content (AvgIpc) is 2.43. The molecule has 0 aliphatic rings. The second kappa shape index (κ2) is 7.60. The zero-order valence-electron chi connectivity index (χ0n) is 11.2. The summed E-state index contributed by atoms with van der Waals surface area (Å²) in [5.74, 6) is 0. The maximum absolute atomic E-state index is 5.99. The Hall–Kier alpha value is -0.350. The molecule has 0 saturated heterocycles. The van der Waals surface area contributed by atoms with Gasteiger partial charge in [-0.3, -0.25) is 0 Å². The van der Waals surface area contributed by atoms with Crippen LogP contribution in [0.15, 0.2) is 51.4 Å². The Morgan fingerprint density at radius 1 is 1.05 bits per heavy atom. The number of nitrogens with one attached hydrogen (secondary N) is 1. The molecule has 4 heteroatoms. The van der Waals surface area contributed by atoms with Gasteiger partial charge in [0.2, 0.25) is 0 Å². The summed E-state index contributed by atoms with van der Waals surface area (Å²) in [6.45, 7) is 3.04. The maximum Gasteiger partial charge on any atom is 0.0548 e. The van der Waals surface area contributed by atoms with Gasteiger partial charge in [-0.25, -0.2) is 0 Å². The molecule has 0 amide bonds. The molecule has 0 aliphatic carbocycles. The molecule has 2 aromatic rings. The predicted molar refractivity (Wildman–Crippen MR) is 93.3 cm³/mol. The van der Waals surface area contributed by atoms with Crippen LogP contribution in [0.5, 0.6) is 0 Å². The minimum Gasteiger partial charge on any atom is -0.310 e. The first-order chi connectivity index (χ1) is 9.54. The zero-order valence-corrected chi connectivity index (χ0v) is 15.1. The molecule has 0 aliphatic heterocycles. The van der Waals surface area contributed by atoms with E-state index in [-0.39, 0.29) is 0 Å². The largest absolute Gasteiger partial charge is 0.310 e. The van der Waals surface area contributed by atoms with Crippen molar-refractivity contribution in [3.05, 3.63) is 67.6 Å². The lowest BCUT2D eigenvalue weighted by Gasteiger charge is -2.14. The van der Waals surface area contributed by atoms with Crippen LogP contribution in [0.25, 0.3) is 0 Å². The molecule has 2 rings (SSSR count). The van der Waals surface area contributed by atoms with Crippen LogP contribution in [0.3, 0.4) is 0 Å². The monoisotopic (exact) mass is 415 g/mol. The summed E-state index contributed by atoms with van der Waals surface area (Å²) in [7, 11) is 0. The SMILES string of the molecule is CC(Cc1ccc(Br)cc1)NCc1ccc(Cl)c(Br)c1. The standard InChI is InChI=1S/C16H16Br2ClN/c1-11(8-12-2-5-14(17)6-3-12)20-10-13-4-7-16(19)15(18)9-13/h2-7,9,11,20H,8,10H2,1H3. The van der Waals surface area contributed by atoms with Crippen LogP contribution in [0.1, 0.15) is 18.1 Å². The smallest absolute Gasteiger partial charge is 0.0548 e. The van der Waals surface area contributed by atoms with Crippen LogP contribution in [0, 0.1) is 0 Å². The fourth-order valence-electron chi connectivity index (χ4n) is 1.99. The summed E-state index contributed by atoms with van der Waals surface area (Å²) in [6.07, 6.45) is 1.02. The van der Waals surface area contributed by atoms with Gasteiger partial charge in [-0.2, -0.15) is 0 Å². The molecular formula is C16H16Br2ClN. The van der Waals surface area contributed by atoms with E-state index in [2.05, 4.69) is 74.4 Å². The van der Waals surface area contributed by atoms with Crippen LogP contribution in [0.2, 0.25) is 5.02 Å². The lowest BCUT2D eigenvalue weighted by molar-refractivity contribution is 0.545. The van der Waals surface area contributed by atoms with Gasteiger partial charge >= 0.3 is 0 Å². The first-order valence-electron chi connectivity index (χ1n) is 6.46. The first-order valence-corrected chi connectivity index (χ1v) is 8.43. The number of hydrogen-bond acceptors (Lipinski definition) is 1. The highest BCUT2D eigenvalue weighted by atomic mass is 79.9. The molecule has 2 aromatic carbocycles. The Balaban J connectivity index is 1.86. The first kappa shape index (κ1) is 16.0. The van der Waals surface area contributed by atoms with E-state index in [4.69, 9.17) is 11.6 Å². The number of rotatable bonds is 5. The highest BCUT2D eigenvalue weighted by Gasteiger charge is 2.04. The molecule has 0 fully saturated rings. The predicted octanol–water partition coefficient (Wildman–Crippen LogP) is 5.59. The Labute approximate surface area is 142 Å². The van der Waals surface area contributed by atoms with Gasteiger partial charge < -0.3 is 5.32 Å². The Morgan fingerprint density at radius 3 is 2.35 bits per heavy atom. The van der Waals surface area contributed by atoms with Gasteiger partial charge in [-0.1, -0.05) is 45.7 Å². The Morgan fingerprint density at radius 2 is 1.70 bits per heavy atom. The van der Waals surface area contributed by atoms with Gasteiger partial charge in [0, 0.05) is 21.5 Å². The minimum absolute atomic E-state index is 0.422. The van der Waals surface area contributed by atoms with Crippen molar-refractivity contribution in [1.82, 2.24) is 5.32 Å². The molecule has 0 bridgehead atoms. The molecule has 1 atom stereocenters. The molecule has 1 unspecified atom stereocenters. The van der Waals surface area contributed by atoms with Crippen LogP contribution in [-0.2, 0) is 13.0 Å². The van der Waals surface area contributed by atoms with Gasteiger partial charge in [-0.05, 0) is 64.7 Å². The van der Waals surface area contributed by atoms with E-state index in [9.17, 15) is 0 Å². The normalized spacial score (nSPS) is 12.4. The van der Waals surface area contributed by atoms with Crippen molar-refractivity contribution in [3.63, 3.8) is 0 Å². The molecule has 106 valence electrons. The van der Waals surface area contributed by atoms with Crippen molar-refractivity contribution in [1.29, 1.82) is 0 Å². The van der Waals surface area contributed by atoms with Gasteiger partial charge in [0.25, 0.3) is 0 Å². The molecule has 0 aromatic heterocycles. The van der Waals surface area contributed by atoms with Crippen LogP contribution in [-0.4, -0.2) is 6.04 Å². The van der Waals surface area contributed by atoms with E-state index in [0.29, 0.717) is 6.04 Å². The van der Waals surface area contributed by atoms with Gasteiger partial charge in [0.15, 0.2) is 0 Å². The zero-order chi connectivity index (χ0) is 14.5. The summed E-state index contributed by atoms with van der Waals surface area (Å²) >= 11 is 12.9. The summed E-state index contributed by atoms with van der Waals surface area (Å²) in [4.78, 5) is 0. The molecule has 20 heavy (non-hydrogen) atoms. The highest BCUT2D eigenvalue weighted by Crippen LogP contribution is 2.23. The van der Waals surface area contributed by atoms with E-state index in [1.807, 2.05) is 12.1 Å². The molecular weight excluding hydrogens is 401 g/mol. The summed E-state index contributed by atoms with van der Waals surface area (Å²) in [5, 5.41) is 4.28. The summed E-state index contributed by atoms with van der Waals surface area (Å²) < 4.78 is 2.06. The van der Waals surface area contributed by atoms with Crippen molar-refractivity contribution in [2.24, 2.45) is 0 Å². The fourth-order valence-corrected chi connectivity index (χ4v) is 2.80. The van der Waals surface area contributed by atoms with Crippen LogP contribution < -0.4 is 5.32 Å². The number of hydrogen-bond donors (Lipinski definition) is 1.